The minimum absolute atomic E-state index is 0.00773. The zero-order valence-corrected chi connectivity index (χ0v) is 19.7. The molecule has 2 fully saturated rings. The molecule has 6 heteroatoms. The summed E-state index contributed by atoms with van der Waals surface area (Å²) in [4.78, 5) is 2.56. The third-order valence-electron chi connectivity index (χ3n) is 6.69. The van der Waals surface area contributed by atoms with Crippen molar-refractivity contribution in [3.05, 3.63) is 89.2 Å². The first kappa shape index (κ1) is 21.8. The molecule has 2 heterocycles. The summed E-state index contributed by atoms with van der Waals surface area (Å²) in [6.45, 7) is 5.14. The predicted octanol–water partition coefficient (Wildman–Crippen LogP) is 6.54. The fourth-order valence-electron chi connectivity index (χ4n) is 5.03. The third kappa shape index (κ3) is 4.27. The first-order valence-electron chi connectivity index (χ1n) is 11.1. The summed E-state index contributed by atoms with van der Waals surface area (Å²) in [5.41, 5.74) is 4.47. The second-order valence-corrected chi connectivity index (χ2v) is 10.1. The van der Waals surface area contributed by atoms with E-state index < -0.39 is 0 Å². The van der Waals surface area contributed by atoms with E-state index in [-0.39, 0.29) is 11.4 Å². The number of rotatable bonds is 4. The van der Waals surface area contributed by atoms with Crippen LogP contribution in [0.4, 0.5) is 10.1 Å². The van der Waals surface area contributed by atoms with Gasteiger partial charge >= 0.3 is 0 Å². The molecule has 3 aromatic rings. The van der Waals surface area contributed by atoms with Crippen molar-refractivity contribution in [1.82, 2.24) is 9.62 Å². The van der Waals surface area contributed by atoms with Crippen LogP contribution in [0.2, 0.25) is 5.02 Å². The van der Waals surface area contributed by atoms with Crippen LogP contribution in [0.1, 0.15) is 25.3 Å². The van der Waals surface area contributed by atoms with E-state index in [0.29, 0.717) is 6.04 Å². The maximum Gasteiger partial charge on any atom is 0.125 e. The van der Waals surface area contributed by atoms with Crippen LogP contribution in [0.3, 0.4) is 0 Å². The molecule has 3 nitrogen and oxygen atoms in total. The SMILES string of the molecule is C[C@H]1C[C@]2(CCN1Cc1cccc(-c3ccccc3Cl)c1)CNSN2c1cccc(F)c1. The average molecular weight is 468 g/mol. The van der Waals surface area contributed by atoms with E-state index in [1.165, 1.54) is 11.6 Å². The van der Waals surface area contributed by atoms with Crippen LogP contribution in [0.25, 0.3) is 11.1 Å². The smallest absolute Gasteiger partial charge is 0.125 e. The standard InChI is InChI=1S/C26H27ClFN3S/c1-19-16-26(18-29-32-31(26)23-9-5-8-22(28)15-23)12-13-30(19)17-20-6-4-7-21(14-20)24-10-2-3-11-25(24)27/h2-11,14-15,19,29H,12-13,16-18H2,1H3/t19-,26+/m0/s1. The van der Waals surface area contributed by atoms with E-state index in [0.717, 1.165) is 54.3 Å². The number of hydrogen-bond donors (Lipinski definition) is 1. The minimum atomic E-state index is -0.186. The van der Waals surface area contributed by atoms with Gasteiger partial charge in [-0.2, -0.15) is 0 Å². The molecule has 1 spiro atoms. The Hall–Kier alpha value is -2.05. The van der Waals surface area contributed by atoms with Crippen LogP contribution in [0.5, 0.6) is 0 Å². The van der Waals surface area contributed by atoms with Crippen molar-refractivity contribution >= 4 is 29.4 Å². The summed E-state index contributed by atoms with van der Waals surface area (Å²) >= 11 is 8.03. The van der Waals surface area contributed by atoms with Gasteiger partial charge in [0.15, 0.2) is 0 Å². The number of anilines is 1. The summed E-state index contributed by atoms with van der Waals surface area (Å²) < 4.78 is 19.6. The molecule has 0 bridgehead atoms. The number of halogens is 2. The molecule has 2 atom stereocenters. The molecule has 0 aromatic heterocycles. The topological polar surface area (TPSA) is 18.5 Å². The lowest BCUT2D eigenvalue weighted by molar-refractivity contribution is 0.106. The van der Waals surface area contributed by atoms with Crippen molar-refractivity contribution in [2.45, 2.75) is 37.9 Å². The molecule has 3 aromatic carbocycles. The molecule has 1 N–H and O–H groups in total. The number of likely N-dealkylation sites (tertiary alicyclic amines) is 1. The van der Waals surface area contributed by atoms with Crippen molar-refractivity contribution in [2.24, 2.45) is 0 Å². The molecule has 166 valence electrons. The van der Waals surface area contributed by atoms with E-state index in [4.69, 9.17) is 11.6 Å². The summed E-state index contributed by atoms with van der Waals surface area (Å²) in [7, 11) is 0. The highest BCUT2D eigenvalue weighted by Gasteiger charge is 2.46. The van der Waals surface area contributed by atoms with Gasteiger partial charge in [0, 0.05) is 48.4 Å². The predicted molar refractivity (Wildman–Crippen MR) is 133 cm³/mol. The molecule has 2 aliphatic rings. The van der Waals surface area contributed by atoms with Crippen LogP contribution >= 0.6 is 23.7 Å². The first-order valence-corrected chi connectivity index (χ1v) is 12.2. The van der Waals surface area contributed by atoms with Crippen molar-refractivity contribution in [3.63, 3.8) is 0 Å². The van der Waals surface area contributed by atoms with E-state index in [2.05, 4.69) is 51.2 Å². The highest BCUT2D eigenvalue weighted by Crippen LogP contribution is 2.43. The van der Waals surface area contributed by atoms with Crippen LogP contribution in [0.15, 0.2) is 72.8 Å². The van der Waals surface area contributed by atoms with Crippen molar-refractivity contribution < 1.29 is 4.39 Å². The van der Waals surface area contributed by atoms with Crippen LogP contribution in [0, 0.1) is 5.82 Å². The summed E-state index contributed by atoms with van der Waals surface area (Å²) in [5, 5.41) is 0.779. The third-order valence-corrected chi connectivity index (χ3v) is 8.07. The Morgan fingerprint density at radius 2 is 1.94 bits per heavy atom. The van der Waals surface area contributed by atoms with Gasteiger partial charge < -0.3 is 0 Å². The molecule has 0 unspecified atom stereocenters. The Kier molecular flexibility index (Phi) is 6.17. The lowest BCUT2D eigenvalue weighted by atomic mass is 9.83. The van der Waals surface area contributed by atoms with E-state index in [9.17, 15) is 4.39 Å². The summed E-state index contributed by atoms with van der Waals surface area (Å²) in [6.07, 6.45) is 2.08. The van der Waals surface area contributed by atoms with Gasteiger partial charge in [0.2, 0.25) is 0 Å². The number of piperidine rings is 1. The molecule has 0 aliphatic carbocycles. The van der Waals surface area contributed by atoms with Gasteiger partial charge in [0.1, 0.15) is 5.82 Å². The minimum Gasteiger partial charge on any atom is -0.296 e. The molecular weight excluding hydrogens is 441 g/mol. The van der Waals surface area contributed by atoms with Gasteiger partial charge in [-0.3, -0.25) is 9.21 Å². The number of hydrogen-bond acceptors (Lipinski definition) is 4. The Morgan fingerprint density at radius 3 is 2.75 bits per heavy atom. The number of nitrogens with one attached hydrogen (secondary N) is 1. The number of benzene rings is 3. The summed E-state index contributed by atoms with van der Waals surface area (Å²) in [6, 6.07) is 24.0. The van der Waals surface area contributed by atoms with Crippen molar-refractivity contribution in [2.75, 3.05) is 17.4 Å². The Labute approximate surface area is 198 Å². The molecule has 0 amide bonds. The van der Waals surface area contributed by atoms with Crippen molar-refractivity contribution in [1.29, 1.82) is 0 Å². The van der Waals surface area contributed by atoms with E-state index in [1.807, 2.05) is 24.3 Å². The quantitative estimate of drug-likeness (QED) is 0.439. The van der Waals surface area contributed by atoms with E-state index >= 15 is 0 Å². The largest absolute Gasteiger partial charge is 0.296 e. The monoisotopic (exact) mass is 467 g/mol. The Balaban J connectivity index is 1.31. The lowest BCUT2D eigenvalue weighted by Gasteiger charge is -2.47. The molecule has 2 saturated heterocycles. The van der Waals surface area contributed by atoms with Crippen LogP contribution in [-0.2, 0) is 6.54 Å². The van der Waals surface area contributed by atoms with Crippen LogP contribution < -0.4 is 9.03 Å². The normalized spacial score (nSPS) is 23.7. The molecule has 5 rings (SSSR count). The van der Waals surface area contributed by atoms with Gasteiger partial charge in [-0.1, -0.05) is 54.1 Å². The number of nitrogens with zero attached hydrogens (tertiary/aromatic N) is 2. The molecule has 32 heavy (non-hydrogen) atoms. The maximum absolute atomic E-state index is 13.9. The second kappa shape index (κ2) is 9.06. The molecule has 0 saturated carbocycles. The highest BCUT2D eigenvalue weighted by molar-refractivity contribution is 7.99. The lowest BCUT2D eigenvalue weighted by Crippen LogP contribution is -2.56. The van der Waals surface area contributed by atoms with Crippen LogP contribution in [-0.4, -0.2) is 29.6 Å². The van der Waals surface area contributed by atoms with Gasteiger partial charge in [-0.05, 0) is 61.2 Å². The Bertz CT molecular complexity index is 1110. The van der Waals surface area contributed by atoms with Gasteiger partial charge in [-0.25, -0.2) is 9.11 Å². The average Bonchev–Trinajstić information content (AvgIpc) is 3.19. The fraction of sp³-hybridized carbons (Fsp3) is 0.308. The van der Waals surface area contributed by atoms with Gasteiger partial charge in [-0.15, -0.1) is 0 Å². The zero-order chi connectivity index (χ0) is 22.1. The fourth-order valence-corrected chi connectivity index (χ4v) is 6.38. The van der Waals surface area contributed by atoms with Gasteiger partial charge in [0.05, 0.1) is 11.2 Å². The van der Waals surface area contributed by atoms with Gasteiger partial charge in [0.25, 0.3) is 0 Å². The van der Waals surface area contributed by atoms with Crippen molar-refractivity contribution in [3.8, 4) is 11.1 Å². The van der Waals surface area contributed by atoms with E-state index in [1.54, 1.807) is 24.3 Å². The maximum atomic E-state index is 13.9. The molecule has 0 radical (unpaired) electrons. The molecule has 2 aliphatic heterocycles. The highest BCUT2D eigenvalue weighted by atomic mass is 35.5. The second-order valence-electron chi connectivity index (χ2n) is 8.86. The summed E-state index contributed by atoms with van der Waals surface area (Å²) in [5.74, 6) is -0.186. The Morgan fingerprint density at radius 1 is 1.09 bits per heavy atom. The molecular formula is C26H27ClFN3S. The zero-order valence-electron chi connectivity index (χ0n) is 18.1. The first-order chi connectivity index (χ1) is 15.5.